The molecule has 0 amide bonds. The van der Waals surface area contributed by atoms with Crippen LogP contribution in [0.5, 0.6) is 5.75 Å². The molecule has 5 heteroatoms. The van der Waals surface area contributed by atoms with Crippen LogP contribution in [0.15, 0.2) is 30.6 Å². The van der Waals surface area contributed by atoms with Crippen LogP contribution in [-0.4, -0.2) is 24.1 Å². The van der Waals surface area contributed by atoms with Crippen molar-refractivity contribution in [2.75, 3.05) is 19.1 Å². The number of hydrogen-bond donors (Lipinski definition) is 0. The first-order valence-electron chi connectivity index (χ1n) is 5.49. The van der Waals surface area contributed by atoms with E-state index in [4.69, 9.17) is 16.3 Å². The number of anilines is 2. The zero-order chi connectivity index (χ0) is 13.1. The van der Waals surface area contributed by atoms with Gasteiger partial charge in [-0.1, -0.05) is 23.7 Å². The van der Waals surface area contributed by atoms with Crippen molar-refractivity contribution in [2.24, 2.45) is 0 Å². The number of hydrogen-bond acceptors (Lipinski definition) is 4. The maximum Gasteiger partial charge on any atom is 0.142 e. The lowest BCUT2D eigenvalue weighted by atomic mass is 10.2. The van der Waals surface area contributed by atoms with Crippen LogP contribution in [0.2, 0.25) is 5.15 Å². The average molecular weight is 264 g/mol. The molecule has 18 heavy (non-hydrogen) atoms. The molecule has 94 valence electrons. The van der Waals surface area contributed by atoms with Crippen LogP contribution in [-0.2, 0) is 0 Å². The van der Waals surface area contributed by atoms with Crippen LogP contribution in [0.25, 0.3) is 0 Å². The van der Waals surface area contributed by atoms with Gasteiger partial charge < -0.3 is 9.64 Å². The standard InChI is InChI=1S/C13H14ClN3O/c1-9-12(14)15-8-16-13(9)17(2)10-6-4-5-7-11(10)18-3/h4-8H,1-3H3. The van der Waals surface area contributed by atoms with Crippen LogP contribution in [0.1, 0.15) is 5.56 Å². The van der Waals surface area contributed by atoms with Crippen LogP contribution in [0.4, 0.5) is 11.5 Å². The van der Waals surface area contributed by atoms with Gasteiger partial charge >= 0.3 is 0 Å². The minimum Gasteiger partial charge on any atom is -0.495 e. The summed E-state index contributed by atoms with van der Waals surface area (Å²) < 4.78 is 5.34. The summed E-state index contributed by atoms with van der Waals surface area (Å²) in [6, 6.07) is 7.75. The molecule has 0 radical (unpaired) electrons. The molecular formula is C13H14ClN3O. The Morgan fingerprint density at radius 3 is 2.67 bits per heavy atom. The fraction of sp³-hybridized carbons (Fsp3) is 0.231. The maximum absolute atomic E-state index is 6.01. The molecule has 0 saturated heterocycles. The van der Waals surface area contributed by atoms with Gasteiger partial charge in [0.2, 0.25) is 0 Å². The molecule has 0 aliphatic carbocycles. The van der Waals surface area contributed by atoms with Crippen LogP contribution >= 0.6 is 11.6 Å². The van der Waals surface area contributed by atoms with Crippen molar-refractivity contribution in [3.63, 3.8) is 0 Å². The Morgan fingerprint density at radius 1 is 1.22 bits per heavy atom. The Balaban J connectivity index is 2.48. The van der Waals surface area contributed by atoms with E-state index in [1.54, 1.807) is 7.11 Å². The quantitative estimate of drug-likeness (QED) is 0.797. The van der Waals surface area contributed by atoms with E-state index in [1.165, 1.54) is 6.33 Å². The van der Waals surface area contributed by atoms with Gasteiger partial charge in [-0.05, 0) is 19.1 Å². The van der Waals surface area contributed by atoms with Crippen molar-refractivity contribution >= 4 is 23.1 Å². The smallest absolute Gasteiger partial charge is 0.142 e. The third-order valence-electron chi connectivity index (χ3n) is 2.76. The summed E-state index contributed by atoms with van der Waals surface area (Å²) in [7, 11) is 3.57. The molecule has 1 aromatic carbocycles. The molecule has 0 N–H and O–H groups in total. The number of para-hydroxylation sites is 2. The molecule has 0 spiro atoms. The summed E-state index contributed by atoms with van der Waals surface area (Å²) in [5.74, 6) is 1.55. The molecule has 0 bridgehead atoms. The maximum atomic E-state index is 6.01. The van der Waals surface area contributed by atoms with E-state index in [9.17, 15) is 0 Å². The van der Waals surface area contributed by atoms with Crippen LogP contribution in [0.3, 0.4) is 0 Å². The summed E-state index contributed by atoms with van der Waals surface area (Å²) >= 11 is 6.01. The van der Waals surface area contributed by atoms with Crippen LogP contribution < -0.4 is 9.64 Å². The molecule has 0 atom stereocenters. The van der Waals surface area contributed by atoms with E-state index >= 15 is 0 Å². The number of halogens is 1. The first-order valence-corrected chi connectivity index (χ1v) is 5.86. The van der Waals surface area contributed by atoms with Crippen molar-refractivity contribution in [1.29, 1.82) is 0 Å². The molecule has 1 aromatic heterocycles. The Hall–Kier alpha value is -1.81. The van der Waals surface area contributed by atoms with Gasteiger partial charge in [0.15, 0.2) is 0 Å². The number of methoxy groups -OCH3 is 1. The lowest BCUT2D eigenvalue weighted by molar-refractivity contribution is 0.415. The summed E-state index contributed by atoms with van der Waals surface area (Å²) in [4.78, 5) is 10.2. The fourth-order valence-corrected chi connectivity index (χ4v) is 1.91. The van der Waals surface area contributed by atoms with Crippen molar-refractivity contribution in [3.8, 4) is 5.75 Å². The predicted octanol–water partition coefficient (Wildman–Crippen LogP) is 3.21. The van der Waals surface area contributed by atoms with Gasteiger partial charge in [-0.3, -0.25) is 0 Å². The second kappa shape index (κ2) is 5.23. The van der Waals surface area contributed by atoms with E-state index < -0.39 is 0 Å². The van der Waals surface area contributed by atoms with Crippen molar-refractivity contribution in [1.82, 2.24) is 9.97 Å². The van der Waals surface area contributed by atoms with Crippen molar-refractivity contribution in [3.05, 3.63) is 41.3 Å². The molecular weight excluding hydrogens is 250 g/mol. The summed E-state index contributed by atoms with van der Waals surface area (Å²) in [6.07, 6.45) is 1.45. The number of nitrogens with zero attached hydrogens (tertiary/aromatic N) is 3. The Labute approximate surface area is 111 Å². The molecule has 1 heterocycles. The minimum absolute atomic E-state index is 0.460. The minimum atomic E-state index is 0.460. The average Bonchev–Trinajstić information content (AvgIpc) is 2.41. The zero-order valence-corrected chi connectivity index (χ0v) is 11.3. The molecule has 0 unspecified atom stereocenters. The highest BCUT2D eigenvalue weighted by atomic mass is 35.5. The Bertz CT molecular complexity index is 560. The molecule has 0 aliphatic heterocycles. The first-order chi connectivity index (χ1) is 8.65. The first kappa shape index (κ1) is 12.6. The summed E-state index contributed by atoms with van der Waals surface area (Å²) in [5, 5.41) is 0.460. The number of aromatic nitrogens is 2. The summed E-state index contributed by atoms with van der Waals surface area (Å²) in [5.41, 5.74) is 1.77. The molecule has 0 saturated carbocycles. The second-order valence-corrected chi connectivity index (χ2v) is 4.20. The third-order valence-corrected chi connectivity index (χ3v) is 3.14. The van der Waals surface area contributed by atoms with E-state index in [2.05, 4.69) is 9.97 Å². The molecule has 4 nitrogen and oxygen atoms in total. The topological polar surface area (TPSA) is 38.2 Å². The van der Waals surface area contributed by atoms with E-state index in [-0.39, 0.29) is 0 Å². The predicted molar refractivity (Wildman–Crippen MR) is 72.8 cm³/mol. The van der Waals surface area contributed by atoms with Gasteiger partial charge in [0.25, 0.3) is 0 Å². The van der Waals surface area contributed by atoms with Crippen LogP contribution in [0, 0.1) is 6.92 Å². The molecule has 2 rings (SSSR count). The Kier molecular flexibility index (Phi) is 3.67. The highest BCUT2D eigenvalue weighted by molar-refractivity contribution is 6.30. The van der Waals surface area contributed by atoms with Crippen molar-refractivity contribution in [2.45, 2.75) is 6.92 Å². The largest absolute Gasteiger partial charge is 0.495 e. The molecule has 0 aliphatic rings. The van der Waals surface area contributed by atoms with Gasteiger partial charge in [-0.25, -0.2) is 9.97 Å². The number of benzene rings is 1. The SMILES string of the molecule is COc1ccccc1N(C)c1ncnc(Cl)c1C. The fourth-order valence-electron chi connectivity index (χ4n) is 1.78. The lowest BCUT2D eigenvalue weighted by Crippen LogP contribution is -2.14. The van der Waals surface area contributed by atoms with Gasteiger partial charge in [-0.2, -0.15) is 0 Å². The lowest BCUT2D eigenvalue weighted by Gasteiger charge is -2.22. The van der Waals surface area contributed by atoms with E-state index in [1.807, 2.05) is 43.1 Å². The number of ether oxygens (including phenoxy) is 1. The normalized spacial score (nSPS) is 10.2. The van der Waals surface area contributed by atoms with Gasteiger partial charge in [-0.15, -0.1) is 0 Å². The van der Waals surface area contributed by atoms with Gasteiger partial charge in [0, 0.05) is 12.6 Å². The van der Waals surface area contributed by atoms with Gasteiger partial charge in [0.1, 0.15) is 23.0 Å². The zero-order valence-electron chi connectivity index (χ0n) is 10.5. The number of rotatable bonds is 3. The molecule has 2 aromatic rings. The third kappa shape index (κ3) is 2.24. The van der Waals surface area contributed by atoms with E-state index in [0.29, 0.717) is 5.15 Å². The second-order valence-electron chi connectivity index (χ2n) is 3.84. The van der Waals surface area contributed by atoms with E-state index in [0.717, 1.165) is 22.8 Å². The Morgan fingerprint density at radius 2 is 1.94 bits per heavy atom. The highest BCUT2D eigenvalue weighted by Crippen LogP contribution is 2.33. The highest BCUT2D eigenvalue weighted by Gasteiger charge is 2.14. The molecule has 0 fully saturated rings. The monoisotopic (exact) mass is 263 g/mol. The van der Waals surface area contributed by atoms with Gasteiger partial charge in [0.05, 0.1) is 12.8 Å². The summed E-state index contributed by atoms with van der Waals surface area (Å²) in [6.45, 7) is 1.89. The van der Waals surface area contributed by atoms with Crippen molar-refractivity contribution < 1.29 is 4.74 Å².